The Labute approximate surface area is 189 Å². The van der Waals surface area contributed by atoms with E-state index in [1.807, 2.05) is 12.5 Å². The van der Waals surface area contributed by atoms with E-state index in [-0.39, 0.29) is 24.0 Å². The second kappa shape index (κ2) is 10.6. The van der Waals surface area contributed by atoms with Crippen molar-refractivity contribution in [3.8, 4) is 0 Å². The number of thiazole rings is 1. The average Bonchev–Trinajstić information content (AvgIpc) is 3.29. The van der Waals surface area contributed by atoms with Crippen LogP contribution < -0.4 is 5.32 Å². The fourth-order valence-corrected chi connectivity index (χ4v) is 4.74. The molecule has 3 heterocycles. The number of hydrogen-bond acceptors (Lipinski definition) is 4. The summed E-state index contributed by atoms with van der Waals surface area (Å²) in [5, 5.41) is 4.58. The number of piperidine rings is 1. The van der Waals surface area contributed by atoms with Gasteiger partial charge in [-0.25, -0.2) is 15.0 Å². The van der Waals surface area contributed by atoms with E-state index >= 15 is 0 Å². The fraction of sp³-hybridized carbons (Fsp3) is 0.650. The van der Waals surface area contributed by atoms with Crippen molar-refractivity contribution in [2.75, 3.05) is 19.6 Å². The number of rotatable bonds is 5. The average molecular weight is 516 g/mol. The van der Waals surface area contributed by atoms with E-state index < -0.39 is 0 Å². The quantitative estimate of drug-likeness (QED) is 0.363. The Kier molecular flexibility index (Phi) is 8.73. The van der Waals surface area contributed by atoms with Crippen molar-refractivity contribution in [1.82, 2.24) is 24.8 Å². The van der Waals surface area contributed by atoms with Crippen molar-refractivity contribution in [3.63, 3.8) is 0 Å². The molecule has 1 N–H and O–H groups in total. The van der Waals surface area contributed by atoms with E-state index in [1.165, 1.54) is 10.6 Å². The highest BCUT2D eigenvalue weighted by Gasteiger charge is 2.29. The molecule has 0 aromatic carbocycles. The van der Waals surface area contributed by atoms with Crippen LogP contribution in [0.4, 0.5) is 0 Å². The highest BCUT2D eigenvalue weighted by Crippen LogP contribution is 2.28. The molecule has 2 aromatic rings. The molecule has 1 saturated heterocycles. The number of likely N-dealkylation sites (tertiary alicyclic amines) is 1. The number of nitrogens with one attached hydrogen (secondary N) is 1. The summed E-state index contributed by atoms with van der Waals surface area (Å²) in [4.78, 5) is 17.7. The van der Waals surface area contributed by atoms with Gasteiger partial charge in [0.25, 0.3) is 0 Å². The summed E-state index contributed by atoms with van der Waals surface area (Å²) >= 11 is 1.77. The van der Waals surface area contributed by atoms with E-state index in [0.29, 0.717) is 24.4 Å². The summed E-state index contributed by atoms with van der Waals surface area (Å²) < 4.78 is 2.24. The molecule has 1 aliphatic rings. The summed E-state index contributed by atoms with van der Waals surface area (Å²) in [6.07, 6.45) is 7.02. The molecule has 0 aliphatic carbocycles. The number of nitrogens with zero attached hydrogens (tertiary/aromatic N) is 5. The summed E-state index contributed by atoms with van der Waals surface area (Å²) in [6.45, 7) is 14.5. The summed E-state index contributed by atoms with van der Waals surface area (Å²) in [5.41, 5.74) is 1.21. The van der Waals surface area contributed by atoms with Gasteiger partial charge in [0, 0.05) is 36.9 Å². The fourth-order valence-electron chi connectivity index (χ4n) is 3.73. The third-order valence-electron chi connectivity index (χ3n) is 5.25. The standard InChI is InChI=1S/C20H32N6S.HI/c1-6-22-20(23-11-18-24-19(14(2)3)16(5)27-18)25-9-7-15(4)17(12-25)26-10-8-21-13-26;/h8,10,13-15,17H,6-7,9,11-12H2,1-5H3,(H,22,23);1H. The molecule has 28 heavy (non-hydrogen) atoms. The van der Waals surface area contributed by atoms with Crippen LogP contribution in [0.25, 0.3) is 0 Å². The Balaban J connectivity index is 0.00000280. The lowest BCUT2D eigenvalue weighted by atomic mass is 9.93. The van der Waals surface area contributed by atoms with Crippen LogP contribution >= 0.6 is 35.3 Å². The van der Waals surface area contributed by atoms with Crippen LogP contribution in [0.3, 0.4) is 0 Å². The lowest BCUT2D eigenvalue weighted by Crippen LogP contribution is -2.49. The molecule has 0 bridgehead atoms. The highest BCUT2D eigenvalue weighted by molar-refractivity contribution is 14.0. The summed E-state index contributed by atoms with van der Waals surface area (Å²) in [7, 11) is 0. The molecule has 3 rings (SSSR count). The maximum Gasteiger partial charge on any atom is 0.194 e. The van der Waals surface area contributed by atoms with Crippen molar-refractivity contribution in [2.24, 2.45) is 10.9 Å². The van der Waals surface area contributed by atoms with Gasteiger partial charge in [-0.05, 0) is 32.1 Å². The third kappa shape index (κ3) is 5.46. The number of aromatic nitrogens is 3. The Morgan fingerprint density at radius 2 is 2.21 bits per heavy atom. The van der Waals surface area contributed by atoms with E-state index in [1.54, 1.807) is 11.3 Å². The molecule has 8 heteroatoms. The minimum absolute atomic E-state index is 0. The van der Waals surface area contributed by atoms with E-state index in [0.717, 1.165) is 37.0 Å². The van der Waals surface area contributed by atoms with Crippen LogP contribution in [0.1, 0.15) is 61.7 Å². The predicted octanol–water partition coefficient (Wildman–Crippen LogP) is 4.44. The van der Waals surface area contributed by atoms with Crippen LogP contribution in [0.5, 0.6) is 0 Å². The van der Waals surface area contributed by atoms with Crippen molar-refractivity contribution in [2.45, 2.75) is 59.5 Å². The topological polar surface area (TPSA) is 58.3 Å². The molecule has 156 valence electrons. The number of halogens is 1. The Bertz CT molecular complexity index is 755. The largest absolute Gasteiger partial charge is 0.357 e. The zero-order valence-corrected chi connectivity index (χ0v) is 20.7. The molecule has 1 fully saturated rings. The van der Waals surface area contributed by atoms with Gasteiger partial charge in [0.05, 0.1) is 24.6 Å². The van der Waals surface area contributed by atoms with Crippen LogP contribution in [0.2, 0.25) is 0 Å². The normalized spacial score (nSPS) is 20.4. The zero-order valence-electron chi connectivity index (χ0n) is 17.6. The number of aryl methyl sites for hydroxylation is 1. The Hall–Kier alpha value is -1.16. The number of aliphatic imine (C=N–C) groups is 1. The molecular formula is C20H33IN6S. The molecule has 2 atom stereocenters. The van der Waals surface area contributed by atoms with Gasteiger partial charge in [-0.3, -0.25) is 0 Å². The molecule has 0 spiro atoms. The molecule has 2 aromatic heterocycles. The van der Waals surface area contributed by atoms with Gasteiger partial charge in [-0.15, -0.1) is 35.3 Å². The van der Waals surface area contributed by atoms with Gasteiger partial charge in [-0.1, -0.05) is 20.8 Å². The monoisotopic (exact) mass is 516 g/mol. The highest BCUT2D eigenvalue weighted by atomic mass is 127. The second-order valence-corrected chi connectivity index (χ2v) is 8.95. The zero-order chi connectivity index (χ0) is 19.4. The lowest BCUT2D eigenvalue weighted by molar-refractivity contribution is 0.189. The van der Waals surface area contributed by atoms with E-state index in [4.69, 9.17) is 9.98 Å². The minimum atomic E-state index is 0. The van der Waals surface area contributed by atoms with Gasteiger partial charge in [0.15, 0.2) is 5.96 Å². The van der Waals surface area contributed by atoms with Gasteiger partial charge < -0.3 is 14.8 Å². The van der Waals surface area contributed by atoms with Crippen LogP contribution in [-0.4, -0.2) is 45.0 Å². The lowest BCUT2D eigenvalue weighted by Gasteiger charge is -2.39. The van der Waals surface area contributed by atoms with Crippen LogP contribution in [-0.2, 0) is 6.54 Å². The van der Waals surface area contributed by atoms with Gasteiger partial charge >= 0.3 is 0 Å². The number of hydrogen-bond donors (Lipinski definition) is 1. The SMILES string of the molecule is CCNC(=NCc1nc(C(C)C)c(C)s1)N1CCC(C)C(n2ccnc2)C1.I. The van der Waals surface area contributed by atoms with Gasteiger partial charge in [0.2, 0.25) is 0 Å². The molecule has 0 amide bonds. The first-order valence-electron chi connectivity index (χ1n) is 9.96. The second-order valence-electron chi connectivity index (χ2n) is 7.66. The van der Waals surface area contributed by atoms with Gasteiger partial charge in [-0.2, -0.15) is 0 Å². The third-order valence-corrected chi connectivity index (χ3v) is 6.22. The van der Waals surface area contributed by atoms with E-state index in [9.17, 15) is 0 Å². The molecule has 6 nitrogen and oxygen atoms in total. The van der Waals surface area contributed by atoms with Crippen molar-refractivity contribution in [3.05, 3.63) is 34.3 Å². The molecule has 2 unspecified atom stereocenters. The summed E-state index contributed by atoms with van der Waals surface area (Å²) in [5.74, 6) is 2.09. The first kappa shape index (κ1) is 23.1. The molecular weight excluding hydrogens is 483 g/mol. The Morgan fingerprint density at radius 1 is 1.43 bits per heavy atom. The molecule has 0 radical (unpaired) electrons. The first-order valence-corrected chi connectivity index (χ1v) is 10.8. The Morgan fingerprint density at radius 3 is 2.82 bits per heavy atom. The maximum atomic E-state index is 4.92. The predicted molar refractivity (Wildman–Crippen MR) is 128 cm³/mol. The first-order chi connectivity index (χ1) is 13.0. The van der Waals surface area contributed by atoms with Crippen molar-refractivity contribution >= 4 is 41.3 Å². The number of imidazole rings is 1. The van der Waals surface area contributed by atoms with Gasteiger partial charge in [0.1, 0.15) is 5.01 Å². The number of guanidine groups is 1. The van der Waals surface area contributed by atoms with Crippen LogP contribution in [0, 0.1) is 12.8 Å². The molecule has 1 aliphatic heterocycles. The minimum Gasteiger partial charge on any atom is -0.357 e. The molecule has 0 saturated carbocycles. The van der Waals surface area contributed by atoms with Crippen LogP contribution in [0.15, 0.2) is 23.7 Å². The smallest absolute Gasteiger partial charge is 0.194 e. The van der Waals surface area contributed by atoms with Crippen molar-refractivity contribution < 1.29 is 0 Å². The van der Waals surface area contributed by atoms with E-state index in [2.05, 4.69) is 60.6 Å². The summed E-state index contributed by atoms with van der Waals surface area (Å²) in [6, 6.07) is 0.430. The maximum absolute atomic E-state index is 4.92. The van der Waals surface area contributed by atoms with Crippen molar-refractivity contribution in [1.29, 1.82) is 0 Å².